The number of aliphatic hydroxyl groups excluding tert-OH is 1. The molecule has 0 saturated heterocycles. The summed E-state index contributed by atoms with van der Waals surface area (Å²) < 4.78 is 3.72. The molecule has 3 nitrogen and oxygen atoms in total. The zero-order valence-electron chi connectivity index (χ0n) is 10.4. The Morgan fingerprint density at radius 3 is 2.89 bits per heavy atom. The molecular weight excluding hydrogens is 392 g/mol. The molecular formula is C13H14Br2N2OS. The van der Waals surface area contributed by atoms with Gasteiger partial charge in [-0.2, -0.15) is 5.10 Å². The molecule has 1 aromatic carbocycles. The Morgan fingerprint density at radius 2 is 2.21 bits per heavy atom. The Morgan fingerprint density at radius 1 is 1.42 bits per heavy atom. The standard InChI is InChI=1S/C13H14Br2N2OS/c1-2-17-13(11(15)7-16-17)12(18)8-19-10-5-3-4-9(14)6-10/h3-7,12,18H,2,8H2,1H3. The van der Waals surface area contributed by atoms with Crippen LogP contribution in [0.5, 0.6) is 0 Å². The number of aryl methyl sites for hydroxylation is 1. The van der Waals surface area contributed by atoms with Crippen molar-refractivity contribution in [2.45, 2.75) is 24.5 Å². The van der Waals surface area contributed by atoms with Crippen LogP contribution < -0.4 is 0 Å². The zero-order valence-corrected chi connectivity index (χ0v) is 14.4. The van der Waals surface area contributed by atoms with E-state index in [9.17, 15) is 5.11 Å². The van der Waals surface area contributed by atoms with E-state index in [1.54, 1.807) is 18.0 Å². The summed E-state index contributed by atoms with van der Waals surface area (Å²) in [5.41, 5.74) is 0.838. The molecule has 2 rings (SSSR count). The van der Waals surface area contributed by atoms with Gasteiger partial charge in [-0.3, -0.25) is 4.68 Å². The Bertz CT molecular complexity index is 559. The highest BCUT2D eigenvalue weighted by Crippen LogP contribution is 2.29. The average molecular weight is 406 g/mol. The molecule has 0 spiro atoms. The largest absolute Gasteiger partial charge is 0.386 e. The first-order valence-corrected chi connectivity index (χ1v) is 8.46. The second-order valence-electron chi connectivity index (χ2n) is 3.98. The molecule has 1 atom stereocenters. The van der Waals surface area contributed by atoms with Crippen molar-refractivity contribution in [3.63, 3.8) is 0 Å². The number of hydrogen-bond donors (Lipinski definition) is 1. The van der Waals surface area contributed by atoms with Gasteiger partial charge in [0, 0.05) is 21.7 Å². The van der Waals surface area contributed by atoms with E-state index in [1.807, 2.05) is 35.9 Å². The number of thioether (sulfide) groups is 1. The highest BCUT2D eigenvalue weighted by Gasteiger charge is 2.17. The quantitative estimate of drug-likeness (QED) is 0.755. The van der Waals surface area contributed by atoms with E-state index in [0.29, 0.717) is 5.75 Å². The fraction of sp³-hybridized carbons (Fsp3) is 0.308. The molecule has 1 heterocycles. The van der Waals surface area contributed by atoms with Crippen molar-refractivity contribution >= 4 is 43.6 Å². The second kappa shape index (κ2) is 6.92. The third-order valence-electron chi connectivity index (χ3n) is 2.65. The first kappa shape index (κ1) is 15.1. The maximum atomic E-state index is 10.3. The number of hydrogen-bond acceptors (Lipinski definition) is 3. The molecule has 0 bridgehead atoms. The van der Waals surface area contributed by atoms with Gasteiger partial charge in [-0.1, -0.05) is 22.0 Å². The van der Waals surface area contributed by atoms with Crippen LogP contribution in [0, 0.1) is 0 Å². The van der Waals surface area contributed by atoms with Crippen LogP contribution in [0.1, 0.15) is 18.7 Å². The molecule has 1 unspecified atom stereocenters. The van der Waals surface area contributed by atoms with Crippen molar-refractivity contribution < 1.29 is 5.11 Å². The number of benzene rings is 1. The van der Waals surface area contributed by atoms with Crippen LogP contribution in [0.4, 0.5) is 0 Å². The Balaban J connectivity index is 2.05. The van der Waals surface area contributed by atoms with Gasteiger partial charge in [0.15, 0.2) is 0 Å². The van der Waals surface area contributed by atoms with Crippen molar-refractivity contribution in [1.82, 2.24) is 9.78 Å². The van der Waals surface area contributed by atoms with Crippen LogP contribution in [-0.4, -0.2) is 20.6 Å². The molecule has 0 radical (unpaired) electrons. The fourth-order valence-corrected chi connectivity index (χ4v) is 3.77. The van der Waals surface area contributed by atoms with Crippen LogP contribution in [-0.2, 0) is 6.54 Å². The summed E-state index contributed by atoms with van der Waals surface area (Å²) in [4.78, 5) is 1.13. The number of nitrogens with zero attached hydrogens (tertiary/aromatic N) is 2. The van der Waals surface area contributed by atoms with Crippen molar-refractivity contribution in [2.75, 3.05) is 5.75 Å². The molecule has 1 N–H and O–H groups in total. The molecule has 0 aliphatic heterocycles. The Hall–Kier alpha value is -0.300. The molecule has 0 fully saturated rings. The first-order valence-electron chi connectivity index (χ1n) is 5.89. The summed E-state index contributed by atoms with van der Waals surface area (Å²) in [6, 6.07) is 8.06. The van der Waals surface area contributed by atoms with Crippen molar-refractivity contribution in [2.24, 2.45) is 0 Å². The lowest BCUT2D eigenvalue weighted by Gasteiger charge is -2.13. The van der Waals surface area contributed by atoms with E-state index in [0.717, 1.165) is 26.1 Å². The van der Waals surface area contributed by atoms with E-state index in [-0.39, 0.29) is 0 Å². The first-order chi connectivity index (χ1) is 9.11. The summed E-state index contributed by atoms with van der Waals surface area (Å²) in [5.74, 6) is 0.598. The van der Waals surface area contributed by atoms with Crippen LogP contribution in [0.2, 0.25) is 0 Å². The monoisotopic (exact) mass is 404 g/mol. The highest BCUT2D eigenvalue weighted by atomic mass is 79.9. The molecule has 102 valence electrons. The molecule has 2 aromatic rings. The Kier molecular flexibility index (Phi) is 5.50. The van der Waals surface area contributed by atoms with Crippen LogP contribution >= 0.6 is 43.6 Å². The van der Waals surface area contributed by atoms with Gasteiger partial charge >= 0.3 is 0 Å². The summed E-state index contributed by atoms with van der Waals surface area (Å²) in [5, 5.41) is 14.5. The highest BCUT2D eigenvalue weighted by molar-refractivity contribution is 9.10. The molecule has 0 saturated carbocycles. The van der Waals surface area contributed by atoms with Crippen LogP contribution in [0.15, 0.2) is 44.3 Å². The van der Waals surface area contributed by atoms with Crippen LogP contribution in [0.25, 0.3) is 0 Å². The molecule has 0 aliphatic carbocycles. The summed E-state index contributed by atoms with van der Waals surface area (Å²) in [6.07, 6.45) is 1.19. The number of rotatable bonds is 5. The predicted octanol–water partition coefficient (Wildman–Crippen LogP) is 4.25. The van der Waals surface area contributed by atoms with Crippen molar-refractivity contribution in [3.05, 3.63) is 45.1 Å². The lowest BCUT2D eigenvalue weighted by atomic mass is 10.3. The smallest absolute Gasteiger partial charge is 0.106 e. The average Bonchev–Trinajstić information content (AvgIpc) is 2.77. The van der Waals surface area contributed by atoms with Gasteiger partial charge in [0.2, 0.25) is 0 Å². The minimum atomic E-state index is -0.541. The molecule has 1 aromatic heterocycles. The topological polar surface area (TPSA) is 38.0 Å². The maximum Gasteiger partial charge on any atom is 0.106 e. The normalized spacial score (nSPS) is 12.6. The lowest BCUT2D eigenvalue weighted by molar-refractivity contribution is 0.191. The molecule has 19 heavy (non-hydrogen) atoms. The van der Waals surface area contributed by atoms with Gasteiger partial charge < -0.3 is 5.11 Å². The number of halogens is 2. The van der Waals surface area contributed by atoms with Gasteiger partial charge in [-0.05, 0) is 41.1 Å². The van der Waals surface area contributed by atoms with Gasteiger partial charge in [-0.15, -0.1) is 11.8 Å². The maximum absolute atomic E-state index is 10.3. The van der Waals surface area contributed by atoms with E-state index in [4.69, 9.17) is 0 Å². The van der Waals surface area contributed by atoms with E-state index >= 15 is 0 Å². The van der Waals surface area contributed by atoms with Gasteiger partial charge in [0.25, 0.3) is 0 Å². The lowest BCUT2D eigenvalue weighted by Crippen LogP contribution is -2.10. The second-order valence-corrected chi connectivity index (χ2v) is 6.84. The van der Waals surface area contributed by atoms with Crippen molar-refractivity contribution in [1.29, 1.82) is 0 Å². The number of aromatic nitrogens is 2. The van der Waals surface area contributed by atoms with E-state index < -0.39 is 6.10 Å². The zero-order chi connectivity index (χ0) is 13.8. The fourth-order valence-electron chi connectivity index (χ4n) is 1.77. The van der Waals surface area contributed by atoms with Crippen molar-refractivity contribution in [3.8, 4) is 0 Å². The van der Waals surface area contributed by atoms with Gasteiger partial charge in [-0.25, -0.2) is 0 Å². The minimum Gasteiger partial charge on any atom is -0.386 e. The van der Waals surface area contributed by atoms with Gasteiger partial charge in [0.05, 0.1) is 16.4 Å². The summed E-state index contributed by atoms with van der Waals surface area (Å²) in [7, 11) is 0. The molecule has 0 amide bonds. The van der Waals surface area contributed by atoms with E-state index in [1.165, 1.54) is 0 Å². The molecule has 0 aliphatic rings. The predicted molar refractivity (Wildman–Crippen MR) is 85.4 cm³/mol. The van der Waals surface area contributed by atoms with Crippen LogP contribution in [0.3, 0.4) is 0 Å². The molecule has 6 heteroatoms. The SMILES string of the molecule is CCn1ncc(Br)c1C(O)CSc1cccc(Br)c1. The number of aliphatic hydroxyl groups is 1. The Labute approximate surface area is 133 Å². The third kappa shape index (κ3) is 3.84. The summed E-state index contributed by atoms with van der Waals surface area (Å²) >= 11 is 8.51. The summed E-state index contributed by atoms with van der Waals surface area (Å²) in [6.45, 7) is 2.76. The van der Waals surface area contributed by atoms with E-state index in [2.05, 4.69) is 37.0 Å². The third-order valence-corrected chi connectivity index (χ3v) is 4.83. The minimum absolute atomic E-state index is 0.541. The van der Waals surface area contributed by atoms with Gasteiger partial charge in [0.1, 0.15) is 6.10 Å².